The normalized spacial score (nSPS) is 19.5. The maximum Gasteiger partial charge on any atom is 0.492 e. The number of ether oxygens (including phenoxy) is 3. The van der Waals surface area contributed by atoms with E-state index in [1.165, 1.54) is 25.3 Å². The highest BCUT2D eigenvalue weighted by atomic mass is 35.5. The molecule has 23 heavy (non-hydrogen) atoms. The maximum atomic E-state index is 13.3. The van der Waals surface area contributed by atoms with E-state index in [0.717, 1.165) is 0 Å². The number of halogens is 4. The van der Waals surface area contributed by atoms with Crippen molar-refractivity contribution in [2.45, 2.75) is 18.5 Å². The number of hydrogen-bond acceptors (Lipinski definition) is 4. The Morgan fingerprint density at radius 2 is 2.04 bits per heavy atom. The first-order valence-corrected chi connectivity index (χ1v) is 6.94. The van der Waals surface area contributed by atoms with Gasteiger partial charge in [0.15, 0.2) is 11.5 Å². The first kappa shape index (κ1) is 17.5. The lowest BCUT2D eigenvalue weighted by Crippen LogP contribution is -2.66. The quantitative estimate of drug-likeness (QED) is 0.798. The van der Waals surface area contributed by atoms with Gasteiger partial charge in [0.2, 0.25) is 0 Å². The van der Waals surface area contributed by atoms with Crippen molar-refractivity contribution in [3.63, 3.8) is 0 Å². The lowest BCUT2D eigenvalue weighted by molar-refractivity contribution is -0.317. The van der Waals surface area contributed by atoms with Gasteiger partial charge in [-0.15, -0.1) is 0 Å². The number of rotatable bonds is 5. The van der Waals surface area contributed by atoms with E-state index in [1.807, 2.05) is 0 Å². The first-order chi connectivity index (χ1) is 10.8. The molecule has 2 amide bonds. The van der Waals surface area contributed by atoms with Crippen molar-refractivity contribution in [2.24, 2.45) is 0 Å². The van der Waals surface area contributed by atoms with Crippen molar-refractivity contribution in [3.05, 3.63) is 23.2 Å². The summed E-state index contributed by atoms with van der Waals surface area (Å²) in [6, 6.07) is 2.66. The van der Waals surface area contributed by atoms with E-state index in [-0.39, 0.29) is 23.1 Å². The van der Waals surface area contributed by atoms with Crippen LogP contribution in [0.5, 0.6) is 11.5 Å². The summed E-state index contributed by atoms with van der Waals surface area (Å²) in [6.45, 7) is 0.494. The molecular formula is C13H14ClF3N2O4. The molecule has 0 spiro atoms. The van der Waals surface area contributed by atoms with Crippen LogP contribution in [0.15, 0.2) is 18.2 Å². The smallest absolute Gasteiger partial charge is 0.424 e. The summed E-state index contributed by atoms with van der Waals surface area (Å²) in [5.74, 6) is -3.69. The fourth-order valence-electron chi connectivity index (χ4n) is 1.83. The fraction of sp³-hybridized carbons (Fsp3) is 0.462. The molecule has 0 aromatic heterocycles. The molecule has 128 valence electrons. The molecule has 10 heteroatoms. The van der Waals surface area contributed by atoms with E-state index >= 15 is 0 Å². The molecule has 0 saturated heterocycles. The van der Waals surface area contributed by atoms with E-state index in [4.69, 9.17) is 25.8 Å². The molecule has 0 aliphatic carbocycles. The Balaban J connectivity index is 2.09. The average molecular weight is 355 g/mol. The van der Waals surface area contributed by atoms with Crippen LogP contribution in [-0.2, 0) is 4.74 Å². The molecule has 1 unspecified atom stereocenters. The van der Waals surface area contributed by atoms with Crippen LogP contribution < -0.4 is 20.1 Å². The zero-order valence-corrected chi connectivity index (χ0v) is 12.8. The number of alkyl halides is 3. The van der Waals surface area contributed by atoms with Crippen molar-refractivity contribution in [3.8, 4) is 11.5 Å². The number of fused-ring (bicyclic) bond motifs is 1. The minimum atomic E-state index is -5.01. The molecule has 1 heterocycles. The molecule has 1 aliphatic rings. The van der Waals surface area contributed by atoms with Crippen LogP contribution in [0.4, 0.5) is 18.0 Å². The molecular weight excluding hydrogens is 341 g/mol. The molecule has 0 fully saturated rings. The van der Waals surface area contributed by atoms with Gasteiger partial charge >= 0.3 is 18.1 Å². The Bertz CT molecular complexity index is 585. The highest BCUT2D eigenvalue weighted by Gasteiger charge is 2.65. The van der Waals surface area contributed by atoms with Gasteiger partial charge in [-0.05, 0) is 18.6 Å². The number of nitrogens with one attached hydrogen (secondary N) is 2. The molecule has 1 aromatic carbocycles. The Hall–Kier alpha value is -1.87. The summed E-state index contributed by atoms with van der Waals surface area (Å²) < 4.78 is 54.4. The summed E-state index contributed by atoms with van der Waals surface area (Å²) in [4.78, 5) is 11.7. The zero-order valence-electron chi connectivity index (χ0n) is 12.0. The lowest BCUT2D eigenvalue weighted by Gasteiger charge is -2.29. The van der Waals surface area contributed by atoms with Crippen LogP contribution >= 0.6 is 11.6 Å². The predicted octanol–water partition coefficient (Wildman–Crippen LogP) is 2.66. The van der Waals surface area contributed by atoms with Gasteiger partial charge in [-0.1, -0.05) is 11.6 Å². The first-order valence-electron chi connectivity index (χ1n) is 6.57. The number of amides is 2. The average Bonchev–Trinajstić information content (AvgIpc) is 2.81. The van der Waals surface area contributed by atoms with Crippen LogP contribution in [0.3, 0.4) is 0 Å². The summed E-state index contributed by atoms with van der Waals surface area (Å²) in [5, 5.41) is 4.11. The largest absolute Gasteiger partial charge is 0.492 e. The van der Waals surface area contributed by atoms with Gasteiger partial charge in [0.25, 0.3) is 0 Å². The van der Waals surface area contributed by atoms with Gasteiger partial charge in [-0.3, -0.25) is 5.32 Å². The molecule has 1 aliphatic heterocycles. The monoisotopic (exact) mass is 354 g/mol. The minimum absolute atomic E-state index is 0.131. The minimum Gasteiger partial charge on any atom is -0.424 e. The van der Waals surface area contributed by atoms with Gasteiger partial charge in [0, 0.05) is 31.4 Å². The summed E-state index contributed by atoms with van der Waals surface area (Å²) in [7, 11) is 1.47. The Morgan fingerprint density at radius 1 is 1.35 bits per heavy atom. The summed E-state index contributed by atoms with van der Waals surface area (Å²) >= 11 is 5.71. The van der Waals surface area contributed by atoms with Gasteiger partial charge in [-0.25, -0.2) is 4.79 Å². The summed E-state index contributed by atoms with van der Waals surface area (Å²) in [5.41, 5.74) is 0. The third kappa shape index (κ3) is 3.91. The molecule has 2 rings (SSSR count). The van der Waals surface area contributed by atoms with E-state index in [1.54, 1.807) is 5.32 Å². The molecule has 1 aromatic rings. The van der Waals surface area contributed by atoms with Crippen LogP contribution in [-0.4, -0.2) is 38.4 Å². The topological polar surface area (TPSA) is 68.8 Å². The van der Waals surface area contributed by atoms with Gasteiger partial charge < -0.3 is 19.5 Å². The Morgan fingerprint density at radius 3 is 2.70 bits per heavy atom. The predicted molar refractivity (Wildman–Crippen MR) is 74.5 cm³/mol. The second-order valence-corrected chi connectivity index (χ2v) is 5.07. The van der Waals surface area contributed by atoms with Crippen LogP contribution in [0, 0.1) is 0 Å². The Kier molecular flexibility index (Phi) is 5.10. The fourth-order valence-corrected chi connectivity index (χ4v) is 1.99. The summed E-state index contributed by atoms with van der Waals surface area (Å²) in [6.07, 6.45) is -4.57. The van der Waals surface area contributed by atoms with Crippen molar-refractivity contribution < 1.29 is 32.2 Å². The number of methoxy groups -OCH3 is 1. The standard InChI is InChI=1S/C13H14ClF3N2O4/c1-21-6-2-5-18-11(20)19-13(12(15,16)17)22-9-4-3-8(14)7-10(9)23-13/h3-4,7H,2,5-6H2,1H3,(H2,18,19,20). The molecule has 6 nitrogen and oxygen atoms in total. The van der Waals surface area contributed by atoms with Crippen LogP contribution in [0.2, 0.25) is 5.02 Å². The molecule has 1 atom stereocenters. The number of hydrogen-bond donors (Lipinski definition) is 2. The molecule has 0 radical (unpaired) electrons. The zero-order chi connectivity index (χ0) is 17.1. The van der Waals surface area contributed by atoms with Gasteiger partial charge in [0.05, 0.1) is 0 Å². The highest BCUT2D eigenvalue weighted by molar-refractivity contribution is 6.30. The van der Waals surface area contributed by atoms with Gasteiger partial charge in [-0.2, -0.15) is 13.2 Å². The van der Waals surface area contributed by atoms with E-state index < -0.39 is 18.1 Å². The number of carbonyl (C=O) groups is 1. The van der Waals surface area contributed by atoms with Crippen molar-refractivity contribution in [2.75, 3.05) is 20.3 Å². The second kappa shape index (κ2) is 6.71. The molecule has 0 saturated carbocycles. The van der Waals surface area contributed by atoms with Crippen molar-refractivity contribution >= 4 is 17.6 Å². The molecule has 2 N–H and O–H groups in total. The number of urea groups is 1. The van der Waals surface area contributed by atoms with Crippen molar-refractivity contribution in [1.29, 1.82) is 0 Å². The molecule has 0 bridgehead atoms. The maximum absolute atomic E-state index is 13.3. The number of benzene rings is 1. The van der Waals surface area contributed by atoms with E-state index in [9.17, 15) is 18.0 Å². The number of carbonyl (C=O) groups excluding carboxylic acids is 1. The van der Waals surface area contributed by atoms with E-state index in [0.29, 0.717) is 13.0 Å². The SMILES string of the molecule is COCCCNC(=O)NC1(C(F)(F)F)Oc2ccc(Cl)cc2O1. The van der Waals surface area contributed by atoms with Crippen molar-refractivity contribution in [1.82, 2.24) is 10.6 Å². The lowest BCUT2D eigenvalue weighted by atomic mass is 10.3. The van der Waals surface area contributed by atoms with Crippen LogP contribution in [0.1, 0.15) is 6.42 Å². The highest BCUT2D eigenvalue weighted by Crippen LogP contribution is 2.45. The third-order valence-electron chi connectivity index (χ3n) is 2.88. The second-order valence-electron chi connectivity index (χ2n) is 4.64. The Labute approximate surface area is 134 Å². The van der Waals surface area contributed by atoms with E-state index in [2.05, 4.69) is 5.32 Å². The van der Waals surface area contributed by atoms with Gasteiger partial charge in [0.1, 0.15) is 0 Å². The van der Waals surface area contributed by atoms with Crippen LogP contribution in [0.25, 0.3) is 0 Å². The third-order valence-corrected chi connectivity index (χ3v) is 3.11.